The maximum absolute atomic E-state index is 6.88. The number of pyridine rings is 1. The van der Waals surface area contributed by atoms with Gasteiger partial charge in [-0.1, -0.05) is 114 Å². The molecule has 0 atom stereocenters. The Hall–Kier alpha value is -6.33. The molecule has 0 fully saturated rings. The van der Waals surface area contributed by atoms with Crippen molar-refractivity contribution in [2.75, 3.05) is 16.5 Å². The second kappa shape index (κ2) is 13.2. The first-order valence-corrected chi connectivity index (χ1v) is 19.1. The predicted octanol–water partition coefficient (Wildman–Crippen LogP) is 13.5. The van der Waals surface area contributed by atoms with Gasteiger partial charge in [-0.2, -0.15) is 0 Å². The molecule has 0 saturated carbocycles. The highest BCUT2D eigenvalue weighted by molar-refractivity contribution is 6.09. The highest BCUT2D eigenvalue weighted by atomic mass is 16.5. The molecule has 8 aromatic rings. The van der Waals surface area contributed by atoms with Crippen LogP contribution in [0.2, 0.25) is 0 Å². The van der Waals surface area contributed by atoms with Crippen LogP contribution < -0.4 is 14.5 Å². The summed E-state index contributed by atoms with van der Waals surface area (Å²) in [6, 6.07) is 54.2. The van der Waals surface area contributed by atoms with Crippen LogP contribution in [-0.4, -0.2) is 16.2 Å². The largest absolute Gasteiger partial charge is 0.457 e. The fourth-order valence-electron chi connectivity index (χ4n) is 7.77. The summed E-state index contributed by atoms with van der Waals surface area (Å²) in [4.78, 5) is 9.69. The van der Waals surface area contributed by atoms with Crippen LogP contribution in [0.5, 0.6) is 11.5 Å². The molecule has 0 bridgehead atoms. The number of nitrogens with zero attached hydrogens (tertiary/aromatic N) is 4. The minimum absolute atomic E-state index is 0.000412. The Morgan fingerprint density at radius 3 is 1.93 bits per heavy atom. The number of rotatable bonds is 6. The zero-order valence-electron chi connectivity index (χ0n) is 32.4. The van der Waals surface area contributed by atoms with Crippen LogP contribution in [0.15, 0.2) is 158 Å². The fourth-order valence-corrected chi connectivity index (χ4v) is 7.77. The Morgan fingerprint density at radius 2 is 1.16 bits per heavy atom. The number of fused-ring (bicyclic) bond motifs is 4. The molecule has 272 valence electrons. The van der Waals surface area contributed by atoms with E-state index in [2.05, 4.69) is 208 Å². The van der Waals surface area contributed by atoms with Crippen LogP contribution in [0.3, 0.4) is 0 Å². The van der Waals surface area contributed by atoms with E-state index in [1.165, 1.54) is 44.4 Å². The lowest BCUT2D eigenvalue weighted by atomic mass is 9.86. The number of hydrogen-bond donors (Lipinski definition) is 0. The van der Waals surface area contributed by atoms with Crippen molar-refractivity contribution in [1.29, 1.82) is 0 Å². The minimum Gasteiger partial charge on any atom is -0.457 e. The van der Waals surface area contributed by atoms with Crippen molar-refractivity contribution in [2.45, 2.75) is 52.4 Å². The van der Waals surface area contributed by atoms with Gasteiger partial charge in [0.25, 0.3) is 0 Å². The standard InChI is InChI=1S/C50H46N4O/c1-49(2,3)36-25-26-51-48(30-36)54-44-20-11-10-19-42(44)43-24-23-40(32-47(43)54)55-41-29-37(50(4,5)6)28-39(31-41)53-33-52(45-21-12-13-22-46(45)53)38-18-14-17-35(27-38)34-15-8-7-9-16-34/h7-32H,33H2,1-6H3. The average molecular weight is 719 g/mol. The van der Waals surface area contributed by atoms with E-state index < -0.39 is 0 Å². The molecular weight excluding hydrogens is 673 g/mol. The third-order valence-electron chi connectivity index (χ3n) is 10.8. The summed E-state index contributed by atoms with van der Waals surface area (Å²) in [5.74, 6) is 2.49. The van der Waals surface area contributed by atoms with Gasteiger partial charge in [0.15, 0.2) is 0 Å². The van der Waals surface area contributed by atoms with Gasteiger partial charge in [0.2, 0.25) is 0 Å². The van der Waals surface area contributed by atoms with Crippen LogP contribution in [0.1, 0.15) is 52.7 Å². The molecule has 3 heterocycles. The molecule has 2 aromatic heterocycles. The number of benzene rings is 6. The quantitative estimate of drug-likeness (QED) is 0.171. The average Bonchev–Trinajstić information content (AvgIpc) is 3.74. The highest BCUT2D eigenvalue weighted by Crippen LogP contribution is 2.46. The van der Waals surface area contributed by atoms with Crippen molar-refractivity contribution in [2.24, 2.45) is 0 Å². The summed E-state index contributed by atoms with van der Waals surface area (Å²) >= 11 is 0. The predicted molar refractivity (Wildman–Crippen MR) is 230 cm³/mol. The molecule has 6 aromatic carbocycles. The summed E-state index contributed by atoms with van der Waals surface area (Å²) in [6.07, 6.45) is 1.92. The van der Waals surface area contributed by atoms with E-state index in [1.807, 2.05) is 6.20 Å². The minimum atomic E-state index is -0.100. The van der Waals surface area contributed by atoms with E-state index in [0.717, 1.165) is 39.7 Å². The molecule has 0 radical (unpaired) electrons. The van der Waals surface area contributed by atoms with Crippen LogP contribution in [0, 0.1) is 0 Å². The summed E-state index contributed by atoms with van der Waals surface area (Å²) in [6.45, 7) is 14.2. The Bertz CT molecular complexity index is 2700. The van der Waals surface area contributed by atoms with E-state index in [0.29, 0.717) is 6.67 Å². The van der Waals surface area contributed by atoms with E-state index in [1.54, 1.807) is 0 Å². The molecule has 1 aliphatic rings. The third-order valence-corrected chi connectivity index (χ3v) is 10.8. The Balaban J connectivity index is 1.12. The molecule has 55 heavy (non-hydrogen) atoms. The van der Waals surface area contributed by atoms with Gasteiger partial charge in [-0.25, -0.2) is 4.98 Å². The first kappa shape index (κ1) is 34.4. The van der Waals surface area contributed by atoms with Gasteiger partial charge in [0.1, 0.15) is 24.0 Å². The molecular formula is C50H46N4O. The molecule has 9 rings (SSSR count). The maximum Gasteiger partial charge on any atom is 0.137 e. The van der Waals surface area contributed by atoms with Crippen molar-refractivity contribution in [3.8, 4) is 28.4 Å². The molecule has 0 N–H and O–H groups in total. The number of aromatic nitrogens is 2. The van der Waals surface area contributed by atoms with Gasteiger partial charge in [0.05, 0.1) is 22.4 Å². The van der Waals surface area contributed by atoms with Crippen molar-refractivity contribution in [3.63, 3.8) is 0 Å². The van der Waals surface area contributed by atoms with E-state index >= 15 is 0 Å². The Morgan fingerprint density at radius 1 is 0.491 bits per heavy atom. The van der Waals surface area contributed by atoms with Crippen LogP contribution in [0.25, 0.3) is 38.8 Å². The van der Waals surface area contributed by atoms with Gasteiger partial charge in [-0.15, -0.1) is 0 Å². The number of hydrogen-bond acceptors (Lipinski definition) is 4. The van der Waals surface area contributed by atoms with Gasteiger partial charge in [-0.05, 0) is 99.8 Å². The lowest BCUT2D eigenvalue weighted by Gasteiger charge is -2.26. The molecule has 5 nitrogen and oxygen atoms in total. The van der Waals surface area contributed by atoms with Gasteiger partial charge in [0, 0.05) is 40.5 Å². The second-order valence-electron chi connectivity index (χ2n) is 16.7. The fraction of sp³-hybridized carbons (Fsp3) is 0.180. The normalized spacial score (nSPS) is 13.1. The topological polar surface area (TPSA) is 33.5 Å². The lowest BCUT2D eigenvalue weighted by Crippen LogP contribution is -2.24. The zero-order valence-corrected chi connectivity index (χ0v) is 32.4. The first-order valence-electron chi connectivity index (χ1n) is 19.1. The number of para-hydroxylation sites is 3. The molecule has 0 amide bonds. The van der Waals surface area contributed by atoms with E-state index in [-0.39, 0.29) is 10.8 Å². The Kier molecular flexibility index (Phi) is 8.27. The summed E-state index contributed by atoms with van der Waals surface area (Å²) < 4.78 is 9.15. The van der Waals surface area contributed by atoms with Gasteiger partial charge < -0.3 is 14.5 Å². The molecule has 5 heteroatoms. The van der Waals surface area contributed by atoms with E-state index in [4.69, 9.17) is 9.72 Å². The first-order chi connectivity index (χ1) is 26.5. The molecule has 1 aliphatic heterocycles. The molecule has 0 spiro atoms. The van der Waals surface area contributed by atoms with Gasteiger partial charge >= 0.3 is 0 Å². The SMILES string of the molecule is CC(C)(C)c1cc(Oc2ccc3c4ccccc4n(-c4cc(C(C)(C)C)ccn4)c3c2)cc(N2CN(c3cccc(-c4ccccc4)c3)c3ccccc32)c1. The third kappa shape index (κ3) is 6.40. The Labute approximate surface area is 324 Å². The van der Waals surface area contributed by atoms with Crippen molar-refractivity contribution in [3.05, 3.63) is 169 Å². The summed E-state index contributed by atoms with van der Waals surface area (Å²) in [5, 5.41) is 2.36. The zero-order chi connectivity index (χ0) is 37.9. The van der Waals surface area contributed by atoms with Crippen LogP contribution in [0.4, 0.5) is 22.7 Å². The van der Waals surface area contributed by atoms with Gasteiger partial charge in [-0.3, -0.25) is 4.57 Å². The number of anilines is 4. The van der Waals surface area contributed by atoms with Crippen molar-refractivity contribution < 1.29 is 4.74 Å². The summed E-state index contributed by atoms with van der Waals surface area (Å²) in [7, 11) is 0. The van der Waals surface area contributed by atoms with Crippen molar-refractivity contribution in [1.82, 2.24) is 9.55 Å². The lowest BCUT2D eigenvalue weighted by molar-refractivity contribution is 0.479. The molecule has 0 aliphatic carbocycles. The highest BCUT2D eigenvalue weighted by Gasteiger charge is 2.29. The maximum atomic E-state index is 6.88. The van der Waals surface area contributed by atoms with Crippen LogP contribution >= 0.6 is 0 Å². The summed E-state index contributed by atoms with van der Waals surface area (Å²) in [5.41, 5.74) is 11.5. The van der Waals surface area contributed by atoms with Crippen LogP contribution in [-0.2, 0) is 10.8 Å². The van der Waals surface area contributed by atoms with E-state index in [9.17, 15) is 0 Å². The smallest absolute Gasteiger partial charge is 0.137 e. The molecule has 0 saturated heterocycles. The van der Waals surface area contributed by atoms with Crippen molar-refractivity contribution >= 4 is 44.6 Å². The molecule has 0 unspecified atom stereocenters. The second-order valence-corrected chi connectivity index (χ2v) is 16.7. The number of ether oxygens (including phenoxy) is 1. The monoisotopic (exact) mass is 718 g/mol.